The van der Waals surface area contributed by atoms with Gasteiger partial charge < -0.3 is 20.3 Å². The lowest BCUT2D eigenvalue weighted by molar-refractivity contribution is 0.201. The zero-order chi connectivity index (χ0) is 15.2. The minimum atomic E-state index is -0.373. The first-order valence-electron chi connectivity index (χ1n) is 7.00. The molecule has 1 rings (SSSR count). The molecule has 114 valence electrons. The molecule has 0 saturated carbocycles. The van der Waals surface area contributed by atoms with Crippen molar-refractivity contribution in [3.05, 3.63) is 17.0 Å². The van der Waals surface area contributed by atoms with Crippen molar-refractivity contribution in [3.63, 3.8) is 0 Å². The molecule has 20 heavy (non-hydrogen) atoms. The fourth-order valence-corrected chi connectivity index (χ4v) is 2.05. The van der Waals surface area contributed by atoms with Crippen LogP contribution < -0.4 is 10.6 Å². The highest BCUT2D eigenvalue weighted by Crippen LogP contribution is 2.14. The van der Waals surface area contributed by atoms with Crippen molar-refractivity contribution in [2.24, 2.45) is 0 Å². The van der Waals surface area contributed by atoms with Gasteiger partial charge in [-0.25, -0.2) is 4.79 Å². The van der Waals surface area contributed by atoms with Gasteiger partial charge in [0.2, 0.25) is 0 Å². The molecule has 0 aromatic carbocycles. The Bertz CT molecular complexity index is 425. The van der Waals surface area contributed by atoms with Crippen LogP contribution in [0.4, 0.5) is 4.79 Å². The lowest BCUT2D eigenvalue weighted by Gasteiger charge is -2.29. The van der Waals surface area contributed by atoms with Crippen molar-refractivity contribution < 1.29 is 14.4 Å². The number of aromatic nitrogens is 1. The van der Waals surface area contributed by atoms with Crippen molar-refractivity contribution in [2.75, 3.05) is 13.2 Å². The number of carbonyl (C=O) groups excluding carboxylic acids is 1. The third kappa shape index (κ3) is 4.52. The zero-order valence-corrected chi connectivity index (χ0v) is 12.7. The lowest BCUT2D eigenvalue weighted by Crippen LogP contribution is -2.50. The number of aliphatic hydroxyl groups is 1. The number of amides is 2. The molecule has 0 aliphatic rings. The number of nitrogens with zero attached hydrogens (tertiary/aromatic N) is 1. The highest BCUT2D eigenvalue weighted by Gasteiger charge is 2.23. The predicted molar refractivity (Wildman–Crippen MR) is 76.6 cm³/mol. The van der Waals surface area contributed by atoms with Gasteiger partial charge in [-0.3, -0.25) is 0 Å². The van der Waals surface area contributed by atoms with Crippen LogP contribution in [-0.4, -0.2) is 35.0 Å². The smallest absolute Gasteiger partial charge is 0.315 e. The van der Waals surface area contributed by atoms with Gasteiger partial charge in [0, 0.05) is 24.3 Å². The molecule has 3 N–H and O–H groups in total. The number of aliphatic hydroxyl groups excluding tert-OH is 1. The lowest BCUT2D eigenvalue weighted by atomic mass is 9.95. The van der Waals surface area contributed by atoms with Crippen LogP contribution in [0.5, 0.6) is 0 Å². The maximum atomic E-state index is 11.8. The zero-order valence-electron chi connectivity index (χ0n) is 12.7. The molecule has 0 aliphatic carbocycles. The molecule has 0 fully saturated rings. The normalized spacial score (nSPS) is 13.8. The molecule has 2 amide bonds. The SMILES string of the molecule is CCC(C)(CCO)NC(=O)NCCc1c(C)noc1C. The Morgan fingerprint density at radius 2 is 2.15 bits per heavy atom. The molecule has 6 heteroatoms. The molecule has 1 atom stereocenters. The molecule has 1 aromatic rings. The van der Waals surface area contributed by atoms with E-state index >= 15 is 0 Å². The average Bonchev–Trinajstić information content (AvgIpc) is 2.70. The third-order valence-electron chi connectivity index (χ3n) is 3.70. The Morgan fingerprint density at radius 1 is 1.45 bits per heavy atom. The number of aryl methyl sites for hydroxylation is 2. The van der Waals surface area contributed by atoms with Gasteiger partial charge in [0.1, 0.15) is 5.76 Å². The van der Waals surface area contributed by atoms with Crippen molar-refractivity contribution in [3.8, 4) is 0 Å². The first-order chi connectivity index (χ1) is 9.41. The van der Waals surface area contributed by atoms with E-state index in [0.29, 0.717) is 19.4 Å². The monoisotopic (exact) mass is 283 g/mol. The van der Waals surface area contributed by atoms with E-state index in [1.165, 1.54) is 0 Å². The van der Waals surface area contributed by atoms with E-state index < -0.39 is 0 Å². The fraction of sp³-hybridized carbons (Fsp3) is 0.714. The Labute approximate surface area is 119 Å². The van der Waals surface area contributed by atoms with E-state index in [2.05, 4.69) is 15.8 Å². The number of carbonyl (C=O) groups is 1. The summed E-state index contributed by atoms with van der Waals surface area (Å²) in [7, 11) is 0. The van der Waals surface area contributed by atoms with E-state index in [1.807, 2.05) is 27.7 Å². The van der Waals surface area contributed by atoms with Crippen molar-refractivity contribution in [1.29, 1.82) is 0 Å². The van der Waals surface area contributed by atoms with Crippen LogP contribution in [-0.2, 0) is 6.42 Å². The van der Waals surface area contributed by atoms with Gasteiger partial charge in [-0.05, 0) is 40.0 Å². The quantitative estimate of drug-likeness (QED) is 0.710. The first-order valence-corrected chi connectivity index (χ1v) is 7.00. The summed E-state index contributed by atoms with van der Waals surface area (Å²) in [5.41, 5.74) is 1.53. The fourth-order valence-electron chi connectivity index (χ4n) is 2.05. The highest BCUT2D eigenvalue weighted by atomic mass is 16.5. The van der Waals surface area contributed by atoms with Gasteiger partial charge >= 0.3 is 6.03 Å². The topological polar surface area (TPSA) is 87.4 Å². The van der Waals surface area contributed by atoms with Crippen LogP contribution >= 0.6 is 0 Å². The van der Waals surface area contributed by atoms with Crippen LogP contribution in [0, 0.1) is 13.8 Å². The van der Waals surface area contributed by atoms with Gasteiger partial charge in [-0.2, -0.15) is 0 Å². The van der Waals surface area contributed by atoms with Gasteiger partial charge in [0.25, 0.3) is 0 Å². The Kier molecular flexibility index (Phi) is 6.01. The number of nitrogens with one attached hydrogen (secondary N) is 2. The molecule has 0 radical (unpaired) electrons. The second-order valence-corrected chi connectivity index (χ2v) is 5.32. The van der Waals surface area contributed by atoms with Crippen LogP contribution in [0.25, 0.3) is 0 Å². The Morgan fingerprint density at radius 3 is 2.65 bits per heavy atom. The molecule has 0 spiro atoms. The van der Waals surface area contributed by atoms with Crippen molar-refractivity contribution in [2.45, 2.75) is 52.5 Å². The summed E-state index contributed by atoms with van der Waals surface area (Å²) in [5.74, 6) is 0.795. The minimum absolute atomic E-state index is 0.0592. The summed E-state index contributed by atoms with van der Waals surface area (Å²) >= 11 is 0. The largest absolute Gasteiger partial charge is 0.396 e. The van der Waals surface area contributed by atoms with E-state index in [9.17, 15) is 4.79 Å². The van der Waals surface area contributed by atoms with Crippen LogP contribution in [0.15, 0.2) is 4.52 Å². The first kappa shape index (κ1) is 16.5. The molecule has 6 nitrogen and oxygen atoms in total. The molecule has 0 aliphatic heterocycles. The molecular weight excluding hydrogens is 258 g/mol. The second-order valence-electron chi connectivity index (χ2n) is 5.32. The molecule has 1 heterocycles. The Balaban J connectivity index is 2.40. The van der Waals surface area contributed by atoms with Gasteiger partial charge in [0.05, 0.1) is 5.69 Å². The highest BCUT2D eigenvalue weighted by molar-refractivity contribution is 5.74. The molecule has 1 aromatic heterocycles. The number of urea groups is 1. The van der Waals surface area contributed by atoms with Gasteiger partial charge in [-0.15, -0.1) is 0 Å². The van der Waals surface area contributed by atoms with E-state index in [0.717, 1.165) is 23.4 Å². The number of hydrogen-bond acceptors (Lipinski definition) is 4. The second kappa shape index (κ2) is 7.28. The summed E-state index contributed by atoms with van der Waals surface area (Å²) in [4.78, 5) is 11.8. The summed E-state index contributed by atoms with van der Waals surface area (Å²) in [6, 6.07) is -0.213. The van der Waals surface area contributed by atoms with E-state index in [1.54, 1.807) is 0 Å². The van der Waals surface area contributed by atoms with Crippen LogP contribution in [0.2, 0.25) is 0 Å². The van der Waals surface area contributed by atoms with Gasteiger partial charge in [-0.1, -0.05) is 12.1 Å². The summed E-state index contributed by atoms with van der Waals surface area (Å²) in [5, 5.41) is 18.6. The minimum Gasteiger partial charge on any atom is -0.396 e. The van der Waals surface area contributed by atoms with Crippen LogP contribution in [0.3, 0.4) is 0 Å². The summed E-state index contributed by atoms with van der Waals surface area (Å²) in [6.07, 6.45) is 2.00. The van der Waals surface area contributed by atoms with Crippen molar-refractivity contribution in [1.82, 2.24) is 15.8 Å². The molecular formula is C14H25N3O3. The standard InChI is InChI=1S/C14H25N3O3/c1-5-14(4,7-9-18)16-13(19)15-8-6-12-10(2)17-20-11(12)3/h18H,5-9H2,1-4H3,(H2,15,16,19). The number of rotatable bonds is 7. The molecule has 1 unspecified atom stereocenters. The van der Waals surface area contributed by atoms with E-state index in [4.69, 9.17) is 9.63 Å². The van der Waals surface area contributed by atoms with E-state index in [-0.39, 0.29) is 18.2 Å². The maximum absolute atomic E-state index is 11.8. The predicted octanol–water partition coefficient (Wildman–Crippen LogP) is 1.68. The Hall–Kier alpha value is -1.56. The average molecular weight is 283 g/mol. The summed E-state index contributed by atoms with van der Waals surface area (Å²) < 4.78 is 5.08. The van der Waals surface area contributed by atoms with Gasteiger partial charge in [0.15, 0.2) is 0 Å². The van der Waals surface area contributed by atoms with Crippen molar-refractivity contribution >= 4 is 6.03 Å². The summed E-state index contributed by atoms with van der Waals surface area (Å²) in [6.45, 7) is 8.25. The maximum Gasteiger partial charge on any atom is 0.315 e. The molecule has 0 saturated heterocycles. The molecule has 0 bridgehead atoms. The third-order valence-corrected chi connectivity index (χ3v) is 3.70. The van der Waals surface area contributed by atoms with Crippen LogP contribution in [0.1, 0.15) is 43.7 Å². The number of hydrogen-bond donors (Lipinski definition) is 3.